The highest BCUT2D eigenvalue weighted by atomic mass is 32.2. The van der Waals surface area contributed by atoms with Crippen LogP contribution < -0.4 is 10.3 Å². The van der Waals surface area contributed by atoms with Gasteiger partial charge in [0.25, 0.3) is 5.56 Å². The molecule has 0 aliphatic rings. The van der Waals surface area contributed by atoms with Crippen LogP contribution in [0.25, 0.3) is 5.69 Å². The fourth-order valence-electron chi connectivity index (χ4n) is 2.90. The Labute approximate surface area is 182 Å². The van der Waals surface area contributed by atoms with E-state index >= 15 is 0 Å². The summed E-state index contributed by atoms with van der Waals surface area (Å²) in [6.45, 7) is 1.76. The second-order valence-corrected chi connectivity index (χ2v) is 7.22. The molecule has 0 saturated carbocycles. The van der Waals surface area contributed by atoms with Crippen molar-refractivity contribution in [2.45, 2.75) is 18.7 Å². The first-order valence-electron chi connectivity index (χ1n) is 9.06. The number of nitriles is 1. The summed E-state index contributed by atoms with van der Waals surface area (Å²) >= 11 is 1.23. The molecular weight excluding hydrogens is 421 g/mol. The molecular formula is C22H18FN3O4S. The summed E-state index contributed by atoms with van der Waals surface area (Å²) in [6.07, 6.45) is 1.76. The van der Waals surface area contributed by atoms with Gasteiger partial charge in [-0.2, -0.15) is 10.2 Å². The molecule has 0 bridgehead atoms. The highest BCUT2D eigenvalue weighted by Gasteiger charge is 2.16. The van der Waals surface area contributed by atoms with Crippen molar-refractivity contribution < 1.29 is 18.7 Å². The number of hydrogen-bond donors (Lipinski definition) is 0. The highest BCUT2D eigenvalue weighted by molar-refractivity contribution is 7.98. The summed E-state index contributed by atoms with van der Waals surface area (Å²) in [5, 5.41) is 9.51. The molecule has 0 radical (unpaired) electrons. The van der Waals surface area contributed by atoms with Gasteiger partial charge in [-0.1, -0.05) is 23.9 Å². The minimum atomic E-state index is -0.518. The second-order valence-electron chi connectivity index (χ2n) is 6.45. The van der Waals surface area contributed by atoms with E-state index in [-0.39, 0.29) is 18.1 Å². The third kappa shape index (κ3) is 4.75. The zero-order valence-corrected chi connectivity index (χ0v) is 17.8. The van der Waals surface area contributed by atoms with E-state index in [4.69, 9.17) is 14.7 Å². The number of thioether (sulfide) groups is 1. The van der Waals surface area contributed by atoms with Crippen molar-refractivity contribution in [1.29, 1.82) is 5.26 Å². The van der Waals surface area contributed by atoms with Crippen LogP contribution in [0.15, 0.2) is 52.4 Å². The molecule has 3 aromatic rings. The number of benzene rings is 2. The lowest BCUT2D eigenvalue weighted by molar-refractivity contribution is 0.0600. The molecule has 0 amide bonds. The number of carbonyl (C=O) groups excluding carboxylic acids is 1. The van der Waals surface area contributed by atoms with Gasteiger partial charge in [0.1, 0.15) is 12.4 Å². The molecule has 0 aliphatic heterocycles. The highest BCUT2D eigenvalue weighted by Crippen LogP contribution is 2.23. The molecule has 158 valence electrons. The Kier molecular flexibility index (Phi) is 6.72. The van der Waals surface area contributed by atoms with Gasteiger partial charge >= 0.3 is 5.97 Å². The van der Waals surface area contributed by atoms with E-state index in [1.165, 1.54) is 41.6 Å². The number of rotatable bonds is 6. The summed E-state index contributed by atoms with van der Waals surface area (Å²) in [7, 11) is 1.29. The molecule has 3 rings (SSSR count). The number of aromatic nitrogens is 2. The van der Waals surface area contributed by atoms with Gasteiger partial charge in [-0.25, -0.2) is 9.18 Å². The van der Waals surface area contributed by atoms with Crippen molar-refractivity contribution in [2.24, 2.45) is 0 Å². The van der Waals surface area contributed by atoms with Gasteiger partial charge in [-0.3, -0.25) is 9.36 Å². The van der Waals surface area contributed by atoms with Crippen LogP contribution in [-0.2, 0) is 11.3 Å². The number of esters is 1. The van der Waals surface area contributed by atoms with Crippen molar-refractivity contribution in [3.8, 4) is 17.6 Å². The molecule has 7 nitrogen and oxygen atoms in total. The summed E-state index contributed by atoms with van der Waals surface area (Å²) < 4.78 is 25.1. The SMILES string of the molecule is COC(=O)c1ccc(C)c(-n2c(SC)nc(OCc3ccc(F)cc3C#N)cc2=O)c1. The smallest absolute Gasteiger partial charge is 0.337 e. The number of methoxy groups -OCH3 is 1. The standard InChI is InChI=1S/C22H18FN3O4S/c1-13-4-5-14(21(28)29-2)9-18(13)26-20(27)10-19(25-22(26)31-3)30-12-15-6-7-17(23)8-16(15)11-24/h4-10H,12H2,1-3H3. The van der Waals surface area contributed by atoms with Crippen molar-refractivity contribution in [1.82, 2.24) is 9.55 Å². The summed E-state index contributed by atoms with van der Waals surface area (Å²) in [4.78, 5) is 29.2. The predicted octanol–water partition coefficient (Wildman–Crippen LogP) is 3.64. The molecule has 0 spiro atoms. The number of nitrogens with zero attached hydrogens (tertiary/aromatic N) is 3. The largest absolute Gasteiger partial charge is 0.473 e. The molecule has 0 unspecified atom stereocenters. The van der Waals surface area contributed by atoms with Crippen LogP contribution in [-0.4, -0.2) is 28.9 Å². The third-order valence-electron chi connectivity index (χ3n) is 4.49. The van der Waals surface area contributed by atoms with E-state index in [0.29, 0.717) is 22.0 Å². The fourth-order valence-corrected chi connectivity index (χ4v) is 3.45. The summed E-state index contributed by atoms with van der Waals surface area (Å²) in [5.41, 5.74) is 1.80. The molecule has 9 heteroatoms. The van der Waals surface area contributed by atoms with E-state index in [1.807, 2.05) is 13.0 Å². The number of carbonyl (C=O) groups is 1. The van der Waals surface area contributed by atoms with Gasteiger partial charge < -0.3 is 9.47 Å². The third-order valence-corrected chi connectivity index (χ3v) is 5.13. The quantitative estimate of drug-likeness (QED) is 0.329. The second kappa shape index (κ2) is 9.45. The Balaban J connectivity index is 1.98. The first-order valence-corrected chi connectivity index (χ1v) is 10.3. The van der Waals surface area contributed by atoms with Crippen molar-refractivity contribution >= 4 is 17.7 Å². The lowest BCUT2D eigenvalue weighted by Gasteiger charge is -2.15. The van der Waals surface area contributed by atoms with E-state index < -0.39 is 17.3 Å². The fraction of sp³-hybridized carbons (Fsp3) is 0.182. The minimum absolute atomic E-state index is 0.0513. The van der Waals surface area contributed by atoms with E-state index in [0.717, 1.165) is 11.6 Å². The van der Waals surface area contributed by atoms with Crippen molar-refractivity contribution in [2.75, 3.05) is 13.4 Å². The predicted molar refractivity (Wildman–Crippen MR) is 113 cm³/mol. The molecule has 0 N–H and O–H groups in total. The van der Waals surface area contributed by atoms with Crippen LogP contribution in [0.4, 0.5) is 4.39 Å². The summed E-state index contributed by atoms with van der Waals surface area (Å²) in [6, 6.07) is 11.9. The summed E-state index contributed by atoms with van der Waals surface area (Å²) in [5.74, 6) is -0.962. The maximum absolute atomic E-state index is 13.3. The van der Waals surface area contributed by atoms with Gasteiger partial charge in [-0.15, -0.1) is 0 Å². The topological polar surface area (TPSA) is 94.2 Å². The van der Waals surface area contributed by atoms with Gasteiger partial charge in [-0.05, 0) is 43.0 Å². The average molecular weight is 439 g/mol. The lowest BCUT2D eigenvalue weighted by atomic mass is 10.1. The lowest BCUT2D eigenvalue weighted by Crippen LogP contribution is -2.22. The maximum atomic E-state index is 13.3. The Morgan fingerprint density at radius 1 is 1.26 bits per heavy atom. The minimum Gasteiger partial charge on any atom is -0.473 e. The Bertz CT molecular complexity index is 1250. The van der Waals surface area contributed by atoms with Crippen molar-refractivity contribution in [3.05, 3.63) is 80.9 Å². The molecule has 1 aromatic heterocycles. The van der Waals surface area contributed by atoms with E-state index in [1.54, 1.807) is 24.5 Å². The van der Waals surface area contributed by atoms with Gasteiger partial charge in [0, 0.05) is 5.56 Å². The molecule has 31 heavy (non-hydrogen) atoms. The Hall–Kier alpha value is -3.64. The molecule has 1 heterocycles. The van der Waals surface area contributed by atoms with Crippen LogP contribution in [0, 0.1) is 24.1 Å². The first-order chi connectivity index (χ1) is 14.9. The van der Waals surface area contributed by atoms with Crippen LogP contribution in [0.3, 0.4) is 0 Å². The van der Waals surface area contributed by atoms with Gasteiger partial charge in [0.15, 0.2) is 5.16 Å². The van der Waals surface area contributed by atoms with Crippen LogP contribution in [0.1, 0.15) is 27.0 Å². The van der Waals surface area contributed by atoms with E-state index in [9.17, 15) is 14.0 Å². The van der Waals surface area contributed by atoms with Gasteiger partial charge in [0.05, 0.1) is 36.1 Å². The van der Waals surface area contributed by atoms with Crippen LogP contribution in [0.5, 0.6) is 5.88 Å². The number of aryl methyl sites for hydroxylation is 1. The zero-order valence-electron chi connectivity index (χ0n) is 17.0. The van der Waals surface area contributed by atoms with E-state index in [2.05, 4.69) is 4.98 Å². The molecule has 2 aromatic carbocycles. The van der Waals surface area contributed by atoms with Crippen molar-refractivity contribution in [3.63, 3.8) is 0 Å². The molecule has 0 fully saturated rings. The Morgan fingerprint density at radius 3 is 2.71 bits per heavy atom. The monoisotopic (exact) mass is 439 g/mol. The molecule has 0 atom stereocenters. The first kappa shape index (κ1) is 22.1. The molecule has 0 saturated heterocycles. The maximum Gasteiger partial charge on any atom is 0.337 e. The number of hydrogen-bond acceptors (Lipinski definition) is 7. The molecule has 0 aliphatic carbocycles. The Morgan fingerprint density at radius 2 is 2.03 bits per heavy atom. The number of halogens is 1. The average Bonchev–Trinajstić information content (AvgIpc) is 2.77. The number of ether oxygens (including phenoxy) is 2. The van der Waals surface area contributed by atoms with Crippen LogP contribution in [0.2, 0.25) is 0 Å². The zero-order chi connectivity index (χ0) is 22.5. The van der Waals surface area contributed by atoms with Gasteiger partial charge in [0.2, 0.25) is 5.88 Å². The van der Waals surface area contributed by atoms with Crippen LogP contribution >= 0.6 is 11.8 Å². The normalized spacial score (nSPS) is 10.4.